The van der Waals surface area contributed by atoms with Gasteiger partial charge < -0.3 is 20.6 Å². The molecule has 1 saturated carbocycles. The molecule has 3 N–H and O–H groups in total. The van der Waals surface area contributed by atoms with Crippen molar-refractivity contribution in [2.45, 2.75) is 38.5 Å². The first kappa shape index (κ1) is 15.1. The molecule has 1 aliphatic heterocycles. The minimum atomic E-state index is -0.761. The Bertz CT molecular complexity index is 370. The number of carbonyl (C=O) groups is 1. The van der Waals surface area contributed by atoms with Gasteiger partial charge in [-0.05, 0) is 31.6 Å². The van der Waals surface area contributed by atoms with Gasteiger partial charge in [0.15, 0.2) is 5.84 Å². The molecule has 2 rings (SSSR count). The predicted octanol–water partition coefficient (Wildman–Crippen LogP) is 1.18. The summed E-state index contributed by atoms with van der Waals surface area (Å²) in [6.07, 6.45) is 5.24. The summed E-state index contributed by atoms with van der Waals surface area (Å²) < 4.78 is 5.18. The average molecular weight is 283 g/mol. The van der Waals surface area contributed by atoms with Crippen molar-refractivity contribution in [2.24, 2.45) is 22.2 Å². The summed E-state index contributed by atoms with van der Waals surface area (Å²) in [5.74, 6) is 0.660. The Hall–Kier alpha value is -1.30. The smallest absolute Gasteiger partial charge is 0.236 e. The van der Waals surface area contributed by atoms with Gasteiger partial charge in [0, 0.05) is 26.8 Å². The van der Waals surface area contributed by atoms with Crippen molar-refractivity contribution in [3.8, 4) is 0 Å². The van der Waals surface area contributed by atoms with Gasteiger partial charge in [-0.2, -0.15) is 0 Å². The highest BCUT2D eigenvalue weighted by molar-refractivity contribution is 6.07. The highest BCUT2D eigenvalue weighted by Crippen LogP contribution is 2.40. The number of amides is 1. The maximum absolute atomic E-state index is 12.8. The van der Waals surface area contributed by atoms with Crippen LogP contribution in [-0.4, -0.2) is 48.7 Å². The topological polar surface area (TPSA) is 88.2 Å². The molecule has 2 aliphatic rings. The number of hydrogen-bond donors (Lipinski definition) is 2. The molecule has 20 heavy (non-hydrogen) atoms. The second kappa shape index (κ2) is 6.43. The van der Waals surface area contributed by atoms with Crippen LogP contribution in [0.3, 0.4) is 0 Å². The molecule has 1 aliphatic carbocycles. The van der Waals surface area contributed by atoms with Crippen molar-refractivity contribution in [3.63, 3.8) is 0 Å². The Labute approximate surface area is 119 Å². The zero-order valence-electron chi connectivity index (χ0n) is 12.2. The summed E-state index contributed by atoms with van der Waals surface area (Å²) in [7, 11) is 1.71. The number of nitrogens with zero attached hydrogens (tertiary/aromatic N) is 2. The van der Waals surface area contributed by atoms with E-state index in [9.17, 15) is 4.79 Å². The number of ether oxygens (including phenoxy) is 1. The van der Waals surface area contributed by atoms with Gasteiger partial charge >= 0.3 is 0 Å². The van der Waals surface area contributed by atoms with E-state index >= 15 is 0 Å². The molecule has 0 bridgehead atoms. The predicted molar refractivity (Wildman–Crippen MR) is 75.5 cm³/mol. The van der Waals surface area contributed by atoms with Gasteiger partial charge in [0.1, 0.15) is 5.41 Å². The summed E-state index contributed by atoms with van der Waals surface area (Å²) >= 11 is 0. The molecule has 1 saturated heterocycles. The number of amidine groups is 1. The van der Waals surface area contributed by atoms with E-state index in [2.05, 4.69) is 5.16 Å². The van der Waals surface area contributed by atoms with Crippen LogP contribution in [0.4, 0.5) is 0 Å². The Morgan fingerprint density at radius 3 is 2.50 bits per heavy atom. The summed E-state index contributed by atoms with van der Waals surface area (Å²) in [5, 5.41) is 12.1. The van der Waals surface area contributed by atoms with Crippen molar-refractivity contribution in [3.05, 3.63) is 0 Å². The molecule has 2 fully saturated rings. The van der Waals surface area contributed by atoms with Gasteiger partial charge in [0.2, 0.25) is 5.91 Å². The van der Waals surface area contributed by atoms with Gasteiger partial charge in [-0.15, -0.1) is 0 Å². The van der Waals surface area contributed by atoms with Crippen LogP contribution in [0.15, 0.2) is 5.16 Å². The van der Waals surface area contributed by atoms with E-state index in [1.807, 2.05) is 4.90 Å². The highest BCUT2D eigenvalue weighted by Gasteiger charge is 2.47. The third-order valence-electron chi connectivity index (χ3n) is 4.77. The molecule has 0 unspecified atom stereocenters. The monoisotopic (exact) mass is 283 g/mol. The summed E-state index contributed by atoms with van der Waals surface area (Å²) in [4.78, 5) is 14.7. The van der Waals surface area contributed by atoms with Gasteiger partial charge in [0.05, 0.1) is 0 Å². The molecule has 6 heteroatoms. The first-order valence-electron chi connectivity index (χ1n) is 7.40. The lowest BCUT2D eigenvalue weighted by atomic mass is 9.82. The molecular formula is C14H25N3O3. The molecule has 0 atom stereocenters. The largest absolute Gasteiger partial charge is 0.409 e. The van der Waals surface area contributed by atoms with Crippen LogP contribution in [0.5, 0.6) is 0 Å². The van der Waals surface area contributed by atoms with Gasteiger partial charge in [-0.3, -0.25) is 4.79 Å². The Kier molecular flexibility index (Phi) is 4.86. The van der Waals surface area contributed by atoms with Crippen molar-refractivity contribution >= 4 is 11.7 Å². The number of nitrogens with two attached hydrogens (primary N) is 1. The SMILES string of the molecule is COCC1CCN(C(=O)C2(C(N)=NO)CCCC2)CC1. The fourth-order valence-corrected chi connectivity index (χ4v) is 3.49. The maximum atomic E-state index is 12.8. The lowest BCUT2D eigenvalue weighted by molar-refractivity contribution is -0.140. The number of hydrogen-bond acceptors (Lipinski definition) is 4. The van der Waals surface area contributed by atoms with Gasteiger partial charge in [0.25, 0.3) is 0 Å². The van der Waals surface area contributed by atoms with Crippen LogP contribution in [0.25, 0.3) is 0 Å². The standard InChI is InChI=1S/C14H25N3O3/c1-20-10-11-4-8-17(9-5-11)13(18)14(12(15)16-19)6-2-3-7-14/h11,19H,2-10H2,1H3,(H2,15,16). The van der Waals surface area contributed by atoms with Crippen molar-refractivity contribution in [1.29, 1.82) is 0 Å². The van der Waals surface area contributed by atoms with E-state index in [-0.39, 0.29) is 11.7 Å². The van der Waals surface area contributed by atoms with E-state index in [1.54, 1.807) is 7.11 Å². The molecule has 0 aromatic heterocycles. The molecular weight excluding hydrogens is 258 g/mol. The zero-order chi connectivity index (χ0) is 14.6. The second-order valence-corrected chi connectivity index (χ2v) is 5.97. The Morgan fingerprint density at radius 2 is 2.00 bits per heavy atom. The normalized spacial score (nSPS) is 24.1. The van der Waals surface area contributed by atoms with Crippen LogP contribution in [0.2, 0.25) is 0 Å². The number of carbonyl (C=O) groups excluding carboxylic acids is 1. The van der Waals surface area contributed by atoms with E-state index in [4.69, 9.17) is 15.7 Å². The van der Waals surface area contributed by atoms with E-state index in [1.165, 1.54) is 0 Å². The Balaban J connectivity index is 2.03. The number of oxime groups is 1. The van der Waals surface area contributed by atoms with Crippen molar-refractivity contribution in [1.82, 2.24) is 4.90 Å². The zero-order valence-corrected chi connectivity index (χ0v) is 12.2. The third-order valence-corrected chi connectivity index (χ3v) is 4.77. The lowest BCUT2D eigenvalue weighted by Crippen LogP contribution is -2.52. The van der Waals surface area contributed by atoms with Crippen LogP contribution in [-0.2, 0) is 9.53 Å². The lowest BCUT2D eigenvalue weighted by Gasteiger charge is -2.37. The minimum absolute atomic E-state index is 0.0427. The maximum Gasteiger partial charge on any atom is 0.236 e. The number of methoxy groups -OCH3 is 1. The minimum Gasteiger partial charge on any atom is -0.409 e. The fourth-order valence-electron chi connectivity index (χ4n) is 3.49. The number of likely N-dealkylation sites (tertiary alicyclic amines) is 1. The third kappa shape index (κ3) is 2.75. The van der Waals surface area contributed by atoms with Gasteiger partial charge in [-0.1, -0.05) is 18.0 Å². The first-order valence-corrected chi connectivity index (χ1v) is 7.40. The van der Waals surface area contributed by atoms with Crippen LogP contribution >= 0.6 is 0 Å². The highest BCUT2D eigenvalue weighted by atomic mass is 16.5. The van der Waals surface area contributed by atoms with Crippen LogP contribution < -0.4 is 5.73 Å². The summed E-state index contributed by atoms with van der Waals surface area (Å²) in [6.45, 7) is 2.24. The molecule has 114 valence electrons. The molecule has 0 aromatic rings. The number of rotatable bonds is 4. The molecule has 0 spiro atoms. The van der Waals surface area contributed by atoms with Crippen molar-refractivity contribution in [2.75, 3.05) is 26.8 Å². The molecule has 0 radical (unpaired) electrons. The van der Waals surface area contributed by atoms with E-state index in [0.29, 0.717) is 18.8 Å². The van der Waals surface area contributed by atoms with E-state index < -0.39 is 5.41 Å². The molecule has 0 aromatic carbocycles. The quantitative estimate of drug-likeness (QED) is 0.351. The first-order chi connectivity index (χ1) is 9.64. The molecule has 1 amide bonds. The Morgan fingerprint density at radius 1 is 1.40 bits per heavy atom. The second-order valence-electron chi connectivity index (χ2n) is 5.97. The van der Waals surface area contributed by atoms with Gasteiger partial charge in [-0.25, -0.2) is 0 Å². The van der Waals surface area contributed by atoms with Crippen LogP contribution in [0, 0.1) is 11.3 Å². The van der Waals surface area contributed by atoms with E-state index in [0.717, 1.165) is 45.4 Å². The van der Waals surface area contributed by atoms with Crippen molar-refractivity contribution < 1.29 is 14.7 Å². The fraction of sp³-hybridized carbons (Fsp3) is 0.857. The summed E-state index contributed by atoms with van der Waals surface area (Å²) in [5.41, 5.74) is 5.07. The summed E-state index contributed by atoms with van der Waals surface area (Å²) in [6, 6.07) is 0. The molecule has 1 heterocycles. The average Bonchev–Trinajstić information content (AvgIpc) is 2.97. The van der Waals surface area contributed by atoms with Crippen LogP contribution in [0.1, 0.15) is 38.5 Å². The number of piperidine rings is 1. The molecule has 6 nitrogen and oxygen atoms in total.